The van der Waals surface area contributed by atoms with Crippen LogP contribution in [0.5, 0.6) is 5.75 Å². The Balaban J connectivity index is 2.45. The van der Waals surface area contributed by atoms with E-state index in [4.69, 9.17) is 4.74 Å². The van der Waals surface area contributed by atoms with Crippen molar-refractivity contribution in [2.75, 3.05) is 20.8 Å². The molecule has 0 radical (unpaired) electrons. The van der Waals surface area contributed by atoms with Gasteiger partial charge >= 0.3 is 11.9 Å². The zero-order chi connectivity index (χ0) is 13.8. The van der Waals surface area contributed by atoms with Crippen molar-refractivity contribution >= 4 is 18.0 Å². The second kappa shape index (κ2) is 5.56. The van der Waals surface area contributed by atoms with Gasteiger partial charge in [-0.3, -0.25) is 0 Å². The number of hydrogen-bond acceptors (Lipinski definition) is 5. The summed E-state index contributed by atoms with van der Waals surface area (Å²) in [5.41, 5.74) is 1.61. The minimum atomic E-state index is -0.719. The summed E-state index contributed by atoms with van der Waals surface area (Å²) in [6.07, 6.45) is 2.23. The first-order valence-electron chi connectivity index (χ1n) is 5.80. The summed E-state index contributed by atoms with van der Waals surface area (Å²) in [6.45, 7) is 0.603. The summed E-state index contributed by atoms with van der Waals surface area (Å²) in [4.78, 5) is 23.2. The summed E-state index contributed by atoms with van der Waals surface area (Å²) in [5.74, 6) is -0.658. The molecule has 0 fully saturated rings. The maximum absolute atomic E-state index is 11.6. The van der Waals surface area contributed by atoms with E-state index in [9.17, 15) is 9.59 Å². The highest BCUT2D eigenvalue weighted by Crippen LogP contribution is 2.29. The van der Waals surface area contributed by atoms with E-state index in [0.717, 1.165) is 23.3 Å². The minimum Gasteiger partial charge on any atom is -0.493 e. The van der Waals surface area contributed by atoms with Crippen LogP contribution in [0.3, 0.4) is 0 Å². The van der Waals surface area contributed by atoms with Crippen molar-refractivity contribution in [1.82, 2.24) is 0 Å². The standard InChI is InChI=1S/C14H14O5/c1-17-13(15)11(14(16)18-2)8-9-4-3-5-12-10(9)6-7-19-12/h3-5,8H,6-7H2,1-2H3. The maximum atomic E-state index is 11.6. The molecule has 0 aromatic heterocycles. The van der Waals surface area contributed by atoms with E-state index in [1.165, 1.54) is 20.3 Å². The molecule has 0 aliphatic carbocycles. The Hall–Kier alpha value is -2.30. The Kier molecular flexibility index (Phi) is 3.85. The molecular weight excluding hydrogens is 248 g/mol. The predicted molar refractivity (Wildman–Crippen MR) is 67.7 cm³/mol. The van der Waals surface area contributed by atoms with Gasteiger partial charge in [0.2, 0.25) is 0 Å². The van der Waals surface area contributed by atoms with Crippen LogP contribution in [0.15, 0.2) is 23.8 Å². The molecule has 1 aliphatic rings. The molecule has 0 bridgehead atoms. The molecule has 2 rings (SSSR count). The third kappa shape index (κ3) is 2.59. The number of rotatable bonds is 3. The number of ether oxygens (including phenoxy) is 3. The van der Waals surface area contributed by atoms with Crippen molar-refractivity contribution in [1.29, 1.82) is 0 Å². The van der Waals surface area contributed by atoms with Crippen LogP contribution < -0.4 is 4.74 Å². The highest BCUT2D eigenvalue weighted by Gasteiger charge is 2.22. The molecule has 1 aliphatic heterocycles. The SMILES string of the molecule is COC(=O)C(=Cc1cccc2c1CCO2)C(=O)OC. The van der Waals surface area contributed by atoms with Crippen LogP contribution in [0.2, 0.25) is 0 Å². The van der Waals surface area contributed by atoms with Crippen LogP contribution >= 0.6 is 0 Å². The van der Waals surface area contributed by atoms with Gasteiger partial charge < -0.3 is 14.2 Å². The molecule has 5 heteroatoms. The molecule has 0 saturated carbocycles. The van der Waals surface area contributed by atoms with Crippen LogP contribution in [-0.4, -0.2) is 32.8 Å². The van der Waals surface area contributed by atoms with Crippen molar-refractivity contribution in [3.63, 3.8) is 0 Å². The number of benzene rings is 1. The summed E-state index contributed by atoms with van der Waals surface area (Å²) in [7, 11) is 2.44. The topological polar surface area (TPSA) is 61.8 Å². The predicted octanol–water partition coefficient (Wildman–Crippen LogP) is 1.35. The normalized spacial score (nSPS) is 12.1. The molecule has 100 valence electrons. The summed E-state index contributed by atoms with van der Waals surface area (Å²) in [6, 6.07) is 5.48. The number of esters is 2. The lowest BCUT2D eigenvalue weighted by atomic mass is 10.0. The van der Waals surface area contributed by atoms with Crippen molar-refractivity contribution in [3.8, 4) is 5.75 Å². The van der Waals surface area contributed by atoms with Crippen molar-refractivity contribution in [3.05, 3.63) is 34.9 Å². The van der Waals surface area contributed by atoms with E-state index in [0.29, 0.717) is 6.61 Å². The Morgan fingerprint density at radius 1 is 1.21 bits per heavy atom. The largest absolute Gasteiger partial charge is 0.493 e. The van der Waals surface area contributed by atoms with Gasteiger partial charge in [-0.1, -0.05) is 12.1 Å². The van der Waals surface area contributed by atoms with Crippen LogP contribution in [0.25, 0.3) is 6.08 Å². The number of carbonyl (C=O) groups excluding carboxylic acids is 2. The summed E-state index contributed by atoms with van der Waals surface area (Å²) < 4.78 is 14.6. The van der Waals surface area contributed by atoms with Crippen molar-refractivity contribution in [2.24, 2.45) is 0 Å². The second-order valence-corrected chi connectivity index (χ2v) is 3.96. The van der Waals surface area contributed by atoms with Crippen LogP contribution in [0.4, 0.5) is 0 Å². The number of fused-ring (bicyclic) bond motifs is 1. The Morgan fingerprint density at radius 3 is 2.53 bits per heavy atom. The van der Waals surface area contributed by atoms with Gasteiger partial charge in [0.05, 0.1) is 20.8 Å². The first-order chi connectivity index (χ1) is 9.17. The average molecular weight is 262 g/mol. The van der Waals surface area contributed by atoms with E-state index in [1.807, 2.05) is 18.2 Å². The average Bonchev–Trinajstić information content (AvgIpc) is 2.92. The van der Waals surface area contributed by atoms with E-state index in [2.05, 4.69) is 9.47 Å². The third-order valence-corrected chi connectivity index (χ3v) is 2.89. The first kappa shape index (κ1) is 13.1. The van der Waals surface area contributed by atoms with Crippen LogP contribution in [0, 0.1) is 0 Å². The van der Waals surface area contributed by atoms with Crippen LogP contribution in [0.1, 0.15) is 11.1 Å². The monoisotopic (exact) mass is 262 g/mol. The Morgan fingerprint density at radius 2 is 1.89 bits per heavy atom. The van der Waals surface area contributed by atoms with E-state index >= 15 is 0 Å². The zero-order valence-electron chi connectivity index (χ0n) is 10.8. The quantitative estimate of drug-likeness (QED) is 0.356. The van der Waals surface area contributed by atoms with Gasteiger partial charge in [0.1, 0.15) is 11.3 Å². The summed E-state index contributed by atoms with van der Waals surface area (Å²) >= 11 is 0. The lowest BCUT2D eigenvalue weighted by molar-refractivity contribution is -0.143. The van der Waals surface area contributed by atoms with Gasteiger partial charge in [-0.15, -0.1) is 0 Å². The molecule has 0 amide bonds. The fraction of sp³-hybridized carbons (Fsp3) is 0.286. The fourth-order valence-electron chi connectivity index (χ4n) is 1.96. The Bertz CT molecular complexity index is 527. The molecular formula is C14H14O5. The first-order valence-corrected chi connectivity index (χ1v) is 5.80. The smallest absolute Gasteiger partial charge is 0.345 e. The number of methoxy groups -OCH3 is 2. The van der Waals surface area contributed by atoms with Gasteiger partial charge in [-0.05, 0) is 17.7 Å². The molecule has 5 nitrogen and oxygen atoms in total. The van der Waals surface area contributed by atoms with Crippen molar-refractivity contribution in [2.45, 2.75) is 6.42 Å². The van der Waals surface area contributed by atoms with Crippen molar-refractivity contribution < 1.29 is 23.8 Å². The lowest BCUT2D eigenvalue weighted by Gasteiger charge is -2.06. The highest BCUT2D eigenvalue weighted by molar-refractivity contribution is 6.17. The fourth-order valence-corrected chi connectivity index (χ4v) is 1.96. The number of hydrogen-bond donors (Lipinski definition) is 0. The van der Waals surface area contributed by atoms with E-state index in [1.54, 1.807) is 0 Å². The molecule has 0 N–H and O–H groups in total. The van der Waals surface area contributed by atoms with Gasteiger partial charge in [-0.2, -0.15) is 0 Å². The van der Waals surface area contributed by atoms with Gasteiger partial charge in [-0.25, -0.2) is 9.59 Å². The molecule has 1 aromatic carbocycles. The zero-order valence-corrected chi connectivity index (χ0v) is 10.8. The maximum Gasteiger partial charge on any atom is 0.345 e. The molecule has 19 heavy (non-hydrogen) atoms. The molecule has 1 heterocycles. The summed E-state index contributed by atoms with van der Waals surface area (Å²) in [5, 5.41) is 0. The molecule has 0 unspecified atom stereocenters. The van der Waals surface area contributed by atoms with Crippen LogP contribution in [-0.2, 0) is 25.5 Å². The third-order valence-electron chi connectivity index (χ3n) is 2.89. The highest BCUT2D eigenvalue weighted by atomic mass is 16.5. The molecule has 1 aromatic rings. The van der Waals surface area contributed by atoms with Gasteiger partial charge in [0.15, 0.2) is 0 Å². The van der Waals surface area contributed by atoms with E-state index < -0.39 is 11.9 Å². The second-order valence-electron chi connectivity index (χ2n) is 3.96. The number of carbonyl (C=O) groups is 2. The molecule has 0 atom stereocenters. The van der Waals surface area contributed by atoms with E-state index in [-0.39, 0.29) is 5.57 Å². The molecule has 0 spiro atoms. The van der Waals surface area contributed by atoms with Gasteiger partial charge in [0.25, 0.3) is 0 Å². The minimum absolute atomic E-state index is 0.134. The molecule has 0 saturated heterocycles. The van der Waals surface area contributed by atoms with Gasteiger partial charge in [0, 0.05) is 12.0 Å². The lowest BCUT2D eigenvalue weighted by Crippen LogP contribution is -2.15. The Labute approximate surface area is 110 Å².